The number of halogens is 1. The van der Waals surface area contributed by atoms with Crippen molar-refractivity contribution in [2.45, 2.75) is 18.8 Å². The molecule has 0 radical (unpaired) electrons. The van der Waals surface area contributed by atoms with Gasteiger partial charge in [-0.05, 0) is 49.2 Å². The molecule has 4 rings (SSSR count). The summed E-state index contributed by atoms with van der Waals surface area (Å²) >= 11 is 6.06. The zero-order valence-corrected chi connectivity index (χ0v) is 13.3. The highest BCUT2D eigenvalue weighted by molar-refractivity contribution is 6.31. The van der Waals surface area contributed by atoms with Gasteiger partial charge in [0.15, 0.2) is 5.76 Å². The molecule has 0 aliphatic carbocycles. The predicted octanol–water partition coefficient (Wildman–Crippen LogP) is 4.43. The van der Waals surface area contributed by atoms with Crippen molar-refractivity contribution in [2.24, 2.45) is 0 Å². The maximum Gasteiger partial charge on any atom is 0.289 e. The van der Waals surface area contributed by atoms with Gasteiger partial charge in [0.25, 0.3) is 5.91 Å². The molecule has 0 bridgehead atoms. The van der Waals surface area contributed by atoms with Crippen molar-refractivity contribution in [3.8, 4) is 0 Å². The number of nitrogens with one attached hydrogen (secondary N) is 1. The van der Waals surface area contributed by atoms with E-state index in [0.717, 1.165) is 35.3 Å². The Balaban J connectivity index is 1.57. The summed E-state index contributed by atoms with van der Waals surface area (Å²) in [6.07, 6.45) is 3.60. The van der Waals surface area contributed by atoms with E-state index in [1.54, 1.807) is 12.1 Å². The molecule has 0 saturated carbocycles. The van der Waals surface area contributed by atoms with Crippen LogP contribution in [0.2, 0.25) is 5.02 Å². The van der Waals surface area contributed by atoms with Gasteiger partial charge in [-0.1, -0.05) is 11.6 Å². The third kappa shape index (κ3) is 2.75. The highest BCUT2D eigenvalue weighted by atomic mass is 35.5. The second kappa shape index (κ2) is 5.78. The van der Waals surface area contributed by atoms with Gasteiger partial charge >= 0.3 is 0 Å². The highest BCUT2D eigenvalue weighted by Crippen LogP contribution is 2.30. The Labute approximate surface area is 139 Å². The number of rotatable bonds is 2. The lowest BCUT2D eigenvalue weighted by atomic mass is 9.94. The number of carbonyl (C=O) groups excluding carboxylic acids is 1. The first-order valence-corrected chi connectivity index (χ1v) is 8.19. The van der Waals surface area contributed by atoms with Crippen molar-refractivity contribution in [3.05, 3.63) is 59.1 Å². The lowest BCUT2D eigenvalue weighted by Gasteiger charge is -2.31. The van der Waals surface area contributed by atoms with Crippen molar-refractivity contribution >= 4 is 28.4 Å². The second-order valence-electron chi connectivity index (χ2n) is 6.02. The number of aromatic amines is 1. The van der Waals surface area contributed by atoms with Crippen molar-refractivity contribution in [1.82, 2.24) is 9.88 Å². The molecular formula is C18H17ClN2O2. The standard InChI is InChI=1S/C18H17ClN2O2/c19-14-5-6-15-13(9-14)10-16(20-15)12-3-1-7-21(11-12)18(22)17-4-2-8-23-17/h2,4-6,8-10,12,20H,1,3,7,11H2. The van der Waals surface area contributed by atoms with Crippen LogP contribution < -0.4 is 0 Å². The summed E-state index contributed by atoms with van der Waals surface area (Å²) < 4.78 is 5.24. The summed E-state index contributed by atoms with van der Waals surface area (Å²) in [5.74, 6) is 0.696. The van der Waals surface area contributed by atoms with Crippen LogP contribution in [-0.4, -0.2) is 28.9 Å². The minimum atomic E-state index is -0.0288. The maximum absolute atomic E-state index is 12.5. The van der Waals surface area contributed by atoms with Crippen molar-refractivity contribution < 1.29 is 9.21 Å². The average Bonchev–Trinajstić information content (AvgIpc) is 3.23. The predicted molar refractivity (Wildman–Crippen MR) is 89.9 cm³/mol. The van der Waals surface area contributed by atoms with E-state index in [4.69, 9.17) is 16.0 Å². The number of aromatic nitrogens is 1. The van der Waals surface area contributed by atoms with Gasteiger partial charge in [-0.25, -0.2) is 0 Å². The minimum absolute atomic E-state index is 0.0288. The summed E-state index contributed by atoms with van der Waals surface area (Å²) in [6, 6.07) is 11.5. The van der Waals surface area contributed by atoms with E-state index >= 15 is 0 Å². The van der Waals surface area contributed by atoms with E-state index in [-0.39, 0.29) is 5.91 Å². The molecule has 2 aromatic heterocycles. The van der Waals surface area contributed by atoms with Crippen LogP contribution in [0.1, 0.15) is 35.0 Å². The number of amides is 1. The molecule has 1 fully saturated rings. The number of nitrogens with zero attached hydrogens (tertiary/aromatic N) is 1. The molecule has 1 aliphatic rings. The van der Waals surface area contributed by atoms with E-state index in [9.17, 15) is 4.79 Å². The smallest absolute Gasteiger partial charge is 0.289 e. The van der Waals surface area contributed by atoms with Gasteiger partial charge in [-0.15, -0.1) is 0 Å². The first-order valence-electron chi connectivity index (χ1n) is 7.81. The minimum Gasteiger partial charge on any atom is -0.459 e. The summed E-state index contributed by atoms with van der Waals surface area (Å²) in [5, 5.41) is 1.85. The van der Waals surface area contributed by atoms with Gasteiger partial charge in [0.2, 0.25) is 0 Å². The SMILES string of the molecule is O=C(c1ccco1)N1CCCC(c2cc3cc(Cl)ccc3[nH]2)C1. The van der Waals surface area contributed by atoms with E-state index in [1.165, 1.54) is 12.0 Å². The Bertz CT molecular complexity index is 838. The maximum atomic E-state index is 12.5. The topological polar surface area (TPSA) is 49.2 Å². The number of benzene rings is 1. The zero-order chi connectivity index (χ0) is 15.8. The van der Waals surface area contributed by atoms with Gasteiger partial charge in [0.1, 0.15) is 0 Å². The van der Waals surface area contributed by atoms with Crippen LogP contribution in [0.25, 0.3) is 10.9 Å². The first-order chi connectivity index (χ1) is 11.2. The van der Waals surface area contributed by atoms with Crippen LogP contribution >= 0.6 is 11.6 Å². The number of furan rings is 1. The summed E-state index contributed by atoms with van der Waals surface area (Å²) in [7, 11) is 0. The number of carbonyl (C=O) groups is 1. The summed E-state index contributed by atoms with van der Waals surface area (Å²) in [6.45, 7) is 1.49. The summed E-state index contributed by atoms with van der Waals surface area (Å²) in [4.78, 5) is 17.8. The molecule has 1 aromatic carbocycles. The number of hydrogen-bond acceptors (Lipinski definition) is 2. The van der Waals surface area contributed by atoms with Crippen LogP contribution in [-0.2, 0) is 0 Å². The van der Waals surface area contributed by atoms with E-state index < -0.39 is 0 Å². The molecule has 3 heterocycles. The number of fused-ring (bicyclic) bond motifs is 1. The number of likely N-dealkylation sites (tertiary alicyclic amines) is 1. The molecule has 1 saturated heterocycles. The van der Waals surface area contributed by atoms with Crippen LogP contribution in [0.15, 0.2) is 47.1 Å². The third-order valence-electron chi connectivity index (χ3n) is 4.48. The Kier molecular flexibility index (Phi) is 3.62. The van der Waals surface area contributed by atoms with Gasteiger partial charge in [-0.3, -0.25) is 4.79 Å². The molecule has 118 valence electrons. The molecule has 1 aliphatic heterocycles. The third-order valence-corrected chi connectivity index (χ3v) is 4.72. The lowest BCUT2D eigenvalue weighted by Crippen LogP contribution is -2.39. The first kappa shape index (κ1) is 14.4. The fourth-order valence-corrected chi connectivity index (χ4v) is 3.50. The largest absolute Gasteiger partial charge is 0.459 e. The normalized spacial score (nSPS) is 18.5. The van der Waals surface area contributed by atoms with Crippen molar-refractivity contribution in [3.63, 3.8) is 0 Å². The number of piperidine rings is 1. The molecular weight excluding hydrogens is 312 g/mol. The zero-order valence-electron chi connectivity index (χ0n) is 12.6. The quantitative estimate of drug-likeness (QED) is 0.756. The Morgan fingerprint density at radius 1 is 1.30 bits per heavy atom. The average molecular weight is 329 g/mol. The number of H-pyrrole nitrogens is 1. The number of hydrogen-bond donors (Lipinski definition) is 1. The van der Waals surface area contributed by atoms with E-state index in [2.05, 4.69) is 11.1 Å². The molecule has 1 unspecified atom stereocenters. The highest BCUT2D eigenvalue weighted by Gasteiger charge is 2.27. The monoisotopic (exact) mass is 328 g/mol. The van der Waals surface area contributed by atoms with Crippen LogP contribution in [0.4, 0.5) is 0 Å². The molecule has 1 N–H and O–H groups in total. The Morgan fingerprint density at radius 2 is 2.22 bits per heavy atom. The lowest BCUT2D eigenvalue weighted by molar-refractivity contribution is 0.0674. The van der Waals surface area contributed by atoms with Crippen molar-refractivity contribution in [2.75, 3.05) is 13.1 Å². The second-order valence-corrected chi connectivity index (χ2v) is 6.46. The molecule has 1 amide bonds. The summed E-state index contributed by atoms with van der Waals surface area (Å²) in [5.41, 5.74) is 2.25. The van der Waals surface area contributed by atoms with Crippen LogP contribution in [0, 0.1) is 0 Å². The van der Waals surface area contributed by atoms with Crippen LogP contribution in [0.3, 0.4) is 0 Å². The van der Waals surface area contributed by atoms with Gasteiger partial charge in [0.05, 0.1) is 6.26 Å². The molecule has 1 atom stereocenters. The van der Waals surface area contributed by atoms with E-state index in [0.29, 0.717) is 18.2 Å². The van der Waals surface area contributed by atoms with E-state index in [1.807, 2.05) is 23.1 Å². The van der Waals surface area contributed by atoms with Gasteiger partial charge in [-0.2, -0.15) is 0 Å². The van der Waals surface area contributed by atoms with Crippen molar-refractivity contribution in [1.29, 1.82) is 0 Å². The molecule has 5 heteroatoms. The fraction of sp³-hybridized carbons (Fsp3) is 0.278. The Hall–Kier alpha value is -2.20. The van der Waals surface area contributed by atoms with Gasteiger partial charge in [0, 0.05) is 40.6 Å². The van der Waals surface area contributed by atoms with Crippen LogP contribution in [0.5, 0.6) is 0 Å². The molecule has 4 nitrogen and oxygen atoms in total. The molecule has 0 spiro atoms. The Morgan fingerprint density at radius 3 is 3.04 bits per heavy atom. The molecule has 3 aromatic rings. The van der Waals surface area contributed by atoms with Gasteiger partial charge < -0.3 is 14.3 Å². The fourth-order valence-electron chi connectivity index (χ4n) is 3.32. The molecule has 23 heavy (non-hydrogen) atoms.